The topological polar surface area (TPSA) is 59.1 Å². The summed E-state index contributed by atoms with van der Waals surface area (Å²) in [6.45, 7) is 0.391. The highest BCUT2D eigenvalue weighted by molar-refractivity contribution is 5.83. The predicted octanol–water partition coefficient (Wildman–Crippen LogP) is 1.40. The maximum Gasteiger partial charge on any atom is 0.116 e. The Balaban J connectivity index is 2.81. The molecule has 3 nitrogen and oxygen atoms in total. The number of phenols is 1. The van der Waals surface area contributed by atoms with E-state index in [1.807, 2.05) is 12.1 Å². The molecule has 1 heterocycles. The van der Waals surface area contributed by atoms with Crippen molar-refractivity contribution in [2.45, 2.75) is 6.54 Å². The number of hydrogen-bond donors (Lipinski definition) is 2. The minimum absolute atomic E-state index is 0.237. The van der Waals surface area contributed by atoms with Gasteiger partial charge in [0.25, 0.3) is 0 Å². The lowest BCUT2D eigenvalue weighted by Gasteiger charge is -2.03. The Bertz CT molecular complexity index is 440. The van der Waals surface area contributed by atoms with Crippen molar-refractivity contribution in [3.05, 3.63) is 36.0 Å². The van der Waals surface area contributed by atoms with Gasteiger partial charge in [0.05, 0.1) is 5.52 Å². The maximum absolute atomic E-state index is 9.36. The highest BCUT2D eigenvalue weighted by atomic mass is 16.3. The Morgan fingerprint density at radius 3 is 3.00 bits per heavy atom. The molecule has 0 radical (unpaired) electrons. The van der Waals surface area contributed by atoms with Gasteiger partial charge in [-0.3, -0.25) is 4.98 Å². The summed E-state index contributed by atoms with van der Waals surface area (Å²) in [5.74, 6) is 0.237. The average Bonchev–Trinajstić information content (AvgIpc) is 2.16. The molecule has 1 aromatic heterocycles. The SMILES string of the molecule is NCc1cc(O)cc2cccnc12. The van der Waals surface area contributed by atoms with Crippen LogP contribution in [0.4, 0.5) is 0 Å². The second kappa shape index (κ2) is 3.03. The molecule has 0 aliphatic heterocycles. The molecule has 13 heavy (non-hydrogen) atoms. The van der Waals surface area contributed by atoms with Crippen LogP contribution in [0.3, 0.4) is 0 Å². The number of nitrogens with zero attached hydrogens (tertiary/aromatic N) is 1. The lowest BCUT2D eigenvalue weighted by atomic mass is 10.1. The number of pyridine rings is 1. The lowest BCUT2D eigenvalue weighted by Crippen LogP contribution is -1.98. The largest absolute Gasteiger partial charge is 0.508 e. The van der Waals surface area contributed by atoms with E-state index in [0.29, 0.717) is 6.54 Å². The van der Waals surface area contributed by atoms with Crippen LogP contribution in [0.5, 0.6) is 5.75 Å². The van der Waals surface area contributed by atoms with Crippen LogP contribution < -0.4 is 5.73 Å². The second-order valence-corrected chi connectivity index (χ2v) is 2.88. The molecule has 2 aromatic rings. The molecule has 0 fully saturated rings. The van der Waals surface area contributed by atoms with Crippen LogP contribution in [0.25, 0.3) is 10.9 Å². The van der Waals surface area contributed by atoms with Gasteiger partial charge in [0.15, 0.2) is 0 Å². The van der Waals surface area contributed by atoms with Crippen LogP contribution in [-0.4, -0.2) is 10.1 Å². The number of aromatic nitrogens is 1. The molecule has 2 rings (SSSR count). The highest BCUT2D eigenvalue weighted by Crippen LogP contribution is 2.22. The molecule has 0 atom stereocenters. The molecule has 0 saturated carbocycles. The number of benzene rings is 1. The van der Waals surface area contributed by atoms with Gasteiger partial charge in [-0.15, -0.1) is 0 Å². The summed E-state index contributed by atoms with van der Waals surface area (Å²) in [6.07, 6.45) is 1.72. The molecule has 0 aliphatic rings. The van der Waals surface area contributed by atoms with Gasteiger partial charge in [-0.2, -0.15) is 0 Å². The Morgan fingerprint density at radius 2 is 2.23 bits per heavy atom. The summed E-state index contributed by atoms with van der Waals surface area (Å²) >= 11 is 0. The van der Waals surface area contributed by atoms with E-state index in [0.717, 1.165) is 16.5 Å². The van der Waals surface area contributed by atoms with Crippen molar-refractivity contribution < 1.29 is 5.11 Å². The van der Waals surface area contributed by atoms with Gasteiger partial charge in [0, 0.05) is 18.1 Å². The van der Waals surface area contributed by atoms with Crippen molar-refractivity contribution in [2.24, 2.45) is 5.73 Å². The van der Waals surface area contributed by atoms with E-state index in [1.54, 1.807) is 18.3 Å². The molecular weight excluding hydrogens is 164 g/mol. The van der Waals surface area contributed by atoms with Crippen molar-refractivity contribution in [2.75, 3.05) is 0 Å². The van der Waals surface area contributed by atoms with Crippen LogP contribution in [0.15, 0.2) is 30.5 Å². The molecular formula is C10H10N2O. The molecule has 0 unspecified atom stereocenters. The van der Waals surface area contributed by atoms with Crippen molar-refractivity contribution in [1.29, 1.82) is 0 Å². The third kappa shape index (κ3) is 1.34. The van der Waals surface area contributed by atoms with Crippen LogP contribution in [0.1, 0.15) is 5.56 Å². The predicted molar refractivity (Wildman–Crippen MR) is 51.3 cm³/mol. The second-order valence-electron chi connectivity index (χ2n) is 2.88. The average molecular weight is 174 g/mol. The first-order valence-corrected chi connectivity index (χ1v) is 4.08. The van der Waals surface area contributed by atoms with Crippen LogP contribution in [0, 0.1) is 0 Å². The Labute approximate surface area is 75.8 Å². The molecule has 1 aromatic carbocycles. The van der Waals surface area contributed by atoms with Crippen LogP contribution in [0.2, 0.25) is 0 Å². The normalized spacial score (nSPS) is 10.5. The van der Waals surface area contributed by atoms with E-state index in [1.165, 1.54) is 0 Å². The Morgan fingerprint density at radius 1 is 1.38 bits per heavy atom. The first kappa shape index (κ1) is 8.01. The Hall–Kier alpha value is -1.61. The van der Waals surface area contributed by atoms with Crippen molar-refractivity contribution in [3.63, 3.8) is 0 Å². The van der Waals surface area contributed by atoms with E-state index in [2.05, 4.69) is 4.98 Å². The summed E-state index contributed by atoms with van der Waals surface area (Å²) in [5, 5.41) is 10.3. The molecule has 0 saturated heterocycles. The summed E-state index contributed by atoms with van der Waals surface area (Å²) in [6, 6.07) is 7.07. The van der Waals surface area contributed by atoms with Gasteiger partial charge in [0.2, 0.25) is 0 Å². The number of fused-ring (bicyclic) bond motifs is 1. The highest BCUT2D eigenvalue weighted by Gasteiger charge is 2.01. The van der Waals surface area contributed by atoms with E-state index in [4.69, 9.17) is 5.73 Å². The van der Waals surface area contributed by atoms with Crippen LogP contribution >= 0.6 is 0 Å². The summed E-state index contributed by atoms with van der Waals surface area (Å²) < 4.78 is 0. The van der Waals surface area contributed by atoms with Gasteiger partial charge in [-0.1, -0.05) is 6.07 Å². The number of hydrogen-bond acceptors (Lipinski definition) is 3. The van der Waals surface area contributed by atoms with Gasteiger partial charge >= 0.3 is 0 Å². The summed E-state index contributed by atoms with van der Waals surface area (Å²) in [4.78, 5) is 4.20. The zero-order valence-electron chi connectivity index (χ0n) is 7.07. The van der Waals surface area contributed by atoms with E-state index < -0.39 is 0 Å². The first-order chi connectivity index (χ1) is 6.31. The van der Waals surface area contributed by atoms with E-state index >= 15 is 0 Å². The number of aromatic hydroxyl groups is 1. The minimum Gasteiger partial charge on any atom is -0.508 e. The third-order valence-corrected chi connectivity index (χ3v) is 1.99. The monoisotopic (exact) mass is 174 g/mol. The van der Waals surface area contributed by atoms with Crippen molar-refractivity contribution in [1.82, 2.24) is 4.98 Å². The summed E-state index contributed by atoms with van der Waals surface area (Å²) in [5.41, 5.74) is 7.27. The van der Waals surface area contributed by atoms with Gasteiger partial charge in [-0.25, -0.2) is 0 Å². The van der Waals surface area contributed by atoms with E-state index in [9.17, 15) is 5.11 Å². The maximum atomic E-state index is 9.36. The van der Waals surface area contributed by atoms with E-state index in [-0.39, 0.29) is 5.75 Å². The fraction of sp³-hybridized carbons (Fsp3) is 0.100. The smallest absolute Gasteiger partial charge is 0.116 e. The van der Waals surface area contributed by atoms with Gasteiger partial charge < -0.3 is 10.8 Å². The minimum atomic E-state index is 0.237. The molecule has 0 spiro atoms. The van der Waals surface area contributed by atoms with Gasteiger partial charge in [0.1, 0.15) is 5.75 Å². The van der Waals surface area contributed by atoms with Crippen LogP contribution in [-0.2, 0) is 6.54 Å². The molecule has 0 bridgehead atoms. The standard InChI is InChI=1S/C10H10N2O/c11-6-8-5-9(13)4-7-2-1-3-12-10(7)8/h1-5,13H,6,11H2. The lowest BCUT2D eigenvalue weighted by molar-refractivity contribution is 0.475. The first-order valence-electron chi connectivity index (χ1n) is 4.08. The molecule has 0 amide bonds. The zero-order valence-corrected chi connectivity index (χ0v) is 7.07. The van der Waals surface area contributed by atoms with Gasteiger partial charge in [-0.05, 0) is 23.8 Å². The fourth-order valence-corrected chi connectivity index (χ4v) is 1.41. The zero-order chi connectivity index (χ0) is 9.26. The number of phenolic OH excluding ortho intramolecular Hbond substituents is 1. The fourth-order valence-electron chi connectivity index (χ4n) is 1.41. The third-order valence-electron chi connectivity index (χ3n) is 1.99. The quantitative estimate of drug-likeness (QED) is 0.687. The molecule has 0 aliphatic carbocycles. The van der Waals surface area contributed by atoms with Crippen molar-refractivity contribution in [3.8, 4) is 5.75 Å². The molecule has 3 heteroatoms. The molecule has 66 valence electrons. The number of rotatable bonds is 1. The summed E-state index contributed by atoms with van der Waals surface area (Å²) in [7, 11) is 0. The Kier molecular flexibility index (Phi) is 1.87. The molecule has 3 N–H and O–H groups in total. The number of nitrogens with two attached hydrogens (primary N) is 1. The van der Waals surface area contributed by atoms with Crippen molar-refractivity contribution >= 4 is 10.9 Å².